The number of benzene rings is 1. The normalized spacial score (nSPS) is 16.6. The summed E-state index contributed by atoms with van der Waals surface area (Å²) in [5.41, 5.74) is 2.76. The summed E-state index contributed by atoms with van der Waals surface area (Å²) in [6.45, 7) is 6.91. The number of nitrogens with one attached hydrogen (secondary N) is 1. The van der Waals surface area contributed by atoms with Crippen molar-refractivity contribution in [3.8, 4) is 0 Å². The Kier molecular flexibility index (Phi) is 4.23. The minimum atomic E-state index is 1.07. The molecule has 0 atom stereocenters. The Hall–Kier alpha value is -1.02. The van der Waals surface area contributed by atoms with Crippen molar-refractivity contribution in [1.82, 2.24) is 4.90 Å². The van der Waals surface area contributed by atoms with E-state index in [0.29, 0.717) is 0 Å². The van der Waals surface area contributed by atoms with Gasteiger partial charge in [-0.1, -0.05) is 25.1 Å². The highest BCUT2D eigenvalue weighted by Crippen LogP contribution is 2.19. The van der Waals surface area contributed by atoms with Crippen LogP contribution in [0.5, 0.6) is 0 Å². The Morgan fingerprint density at radius 3 is 2.69 bits per heavy atom. The molecule has 0 aromatic heterocycles. The zero-order valence-electron chi connectivity index (χ0n) is 10.2. The van der Waals surface area contributed by atoms with E-state index >= 15 is 0 Å². The molecule has 1 aromatic carbocycles. The molecular formula is C14H22N2. The third-order valence-corrected chi connectivity index (χ3v) is 3.18. The Balaban J connectivity index is 2.00. The fourth-order valence-electron chi connectivity index (χ4n) is 2.27. The van der Waals surface area contributed by atoms with Crippen molar-refractivity contribution < 1.29 is 0 Å². The van der Waals surface area contributed by atoms with E-state index in [-0.39, 0.29) is 0 Å². The summed E-state index contributed by atoms with van der Waals surface area (Å²) >= 11 is 0. The number of para-hydroxylation sites is 1. The molecule has 0 spiro atoms. The van der Waals surface area contributed by atoms with Crippen molar-refractivity contribution in [2.24, 2.45) is 0 Å². The maximum atomic E-state index is 3.51. The Bertz CT molecular complexity index is 316. The highest BCUT2D eigenvalue weighted by atomic mass is 15.1. The van der Waals surface area contributed by atoms with Gasteiger partial charge in [-0.15, -0.1) is 0 Å². The van der Waals surface area contributed by atoms with Gasteiger partial charge >= 0.3 is 0 Å². The molecule has 16 heavy (non-hydrogen) atoms. The van der Waals surface area contributed by atoms with E-state index in [0.717, 1.165) is 13.1 Å². The third kappa shape index (κ3) is 2.99. The molecule has 1 heterocycles. The first-order valence-corrected chi connectivity index (χ1v) is 6.44. The van der Waals surface area contributed by atoms with Gasteiger partial charge in [-0.05, 0) is 44.0 Å². The molecule has 0 bridgehead atoms. The summed E-state index contributed by atoms with van der Waals surface area (Å²) in [5.74, 6) is 0. The van der Waals surface area contributed by atoms with Crippen LogP contribution in [0, 0.1) is 0 Å². The summed E-state index contributed by atoms with van der Waals surface area (Å²) in [5, 5.41) is 3.51. The first-order chi connectivity index (χ1) is 7.90. The van der Waals surface area contributed by atoms with Crippen molar-refractivity contribution in [3.63, 3.8) is 0 Å². The average molecular weight is 218 g/mol. The van der Waals surface area contributed by atoms with Crippen LogP contribution in [0.15, 0.2) is 24.3 Å². The second-order valence-corrected chi connectivity index (χ2v) is 4.57. The molecule has 1 aliphatic rings. The molecule has 0 saturated carbocycles. The summed E-state index contributed by atoms with van der Waals surface area (Å²) in [6.07, 6.45) is 3.91. The van der Waals surface area contributed by atoms with Crippen LogP contribution in [0.25, 0.3) is 0 Å². The van der Waals surface area contributed by atoms with Crippen LogP contribution in [0.1, 0.15) is 31.7 Å². The van der Waals surface area contributed by atoms with Crippen LogP contribution in [-0.2, 0) is 6.54 Å². The van der Waals surface area contributed by atoms with Gasteiger partial charge in [0.05, 0.1) is 0 Å². The Morgan fingerprint density at radius 1 is 1.19 bits per heavy atom. The molecule has 88 valence electrons. The van der Waals surface area contributed by atoms with Gasteiger partial charge < -0.3 is 5.32 Å². The monoisotopic (exact) mass is 218 g/mol. The van der Waals surface area contributed by atoms with Crippen molar-refractivity contribution >= 4 is 5.69 Å². The SMILES string of the molecule is CCCNc1ccccc1CN1CCCC1. The van der Waals surface area contributed by atoms with Crippen molar-refractivity contribution in [2.45, 2.75) is 32.7 Å². The van der Waals surface area contributed by atoms with Crippen molar-refractivity contribution in [2.75, 3.05) is 25.0 Å². The van der Waals surface area contributed by atoms with Crippen molar-refractivity contribution in [3.05, 3.63) is 29.8 Å². The lowest BCUT2D eigenvalue weighted by Gasteiger charge is -2.18. The van der Waals surface area contributed by atoms with Gasteiger partial charge in [0, 0.05) is 18.8 Å². The first kappa shape index (κ1) is 11.5. The summed E-state index contributed by atoms with van der Waals surface area (Å²) in [6, 6.07) is 8.70. The lowest BCUT2D eigenvalue weighted by Crippen LogP contribution is -2.19. The summed E-state index contributed by atoms with van der Waals surface area (Å²) in [7, 11) is 0. The predicted molar refractivity (Wildman–Crippen MR) is 69.7 cm³/mol. The maximum absolute atomic E-state index is 3.51. The van der Waals surface area contributed by atoms with Gasteiger partial charge in [0.15, 0.2) is 0 Å². The molecule has 2 heteroatoms. The largest absolute Gasteiger partial charge is 0.385 e. The Labute approximate surface area is 98.7 Å². The molecule has 0 amide bonds. The topological polar surface area (TPSA) is 15.3 Å². The zero-order chi connectivity index (χ0) is 11.2. The van der Waals surface area contributed by atoms with Crippen LogP contribution in [0.4, 0.5) is 5.69 Å². The van der Waals surface area contributed by atoms with Crippen LogP contribution < -0.4 is 5.32 Å². The Morgan fingerprint density at radius 2 is 1.94 bits per heavy atom. The number of hydrogen-bond donors (Lipinski definition) is 1. The molecule has 0 radical (unpaired) electrons. The molecule has 0 unspecified atom stereocenters. The van der Waals surface area contributed by atoms with Crippen molar-refractivity contribution in [1.29, 1.82) is 0 Å². The van der Waals surface area contributed by atoms with E-state index in [1.165, 1.54) is 43.6 Å². The molecule has 1 saturated heterocycles. The average Bonchev–Trinajstić information content (AvgIpc) is 2.81. The number of hydrogen-bond acceptors (Lipinski definition) is 2. The number of anilines is 1. The standard InChI is InChI=1S/C14H22N2/c1-2-9-15-14-8-4-3-7-13(14)12-16-10-5-6-11-16/h3-4,7-8,15H,2,5-6,9-12H2,1H3. The lowest BCUT2D eigenvalue weighted by atomic mass is 10.1. The summed E-state index contributed by atoms with van der Waals surface area (Å²) in [4.78, 5) is 2.55. The maximum Gasteiger partial charge on any atom is 0.0385 e. The van der Waals surface area contributed by atoms with E-state index in [1.54, 1.807) is 0 Å². The van der Waals surface area contributed by atoms with E-state index < -0.39 is 0 Å². The quantitative estimate of drug-likeness (QED) is 0.817. The van der Waals surface area contributed by atoms with Gasteiger partial charge in [-0.2, -0.15) is 0 Å². The molecule has 1 aromatic rings. The van der Waals surface area contributed by atoms with Crippen LogP contribution >= 0.6 is 0 Å². The minimum Gasteiger partial charge on any atom is -0.385 e. The molecule has 2 rings (SSSR count). The third-order valence-electron chi connectivity index (χ3n) is 3.18. The molecule has 2 nitrogen and oxygen atoms in total. The molecule has 1 aliphatic heterocycles. The van der Waals surface area contributed by atoms with Gasteiger partial charge in [-0.3, -0.25) is 4.90 Å². The first-order valence-electron chi connectivity index (χ1n) is 6.44. The predicted octanol–water partition coefficient (Wildman–Crippen LogP) is 3.10. The number of nitrogens with zero attached hydrogens (tertiary/aromatic N) is 1. The second kappa shape index (κ2) is 5.90. The molecule has 1 N–H and O–H groups in total. The number of rotatable bonds is 5. The molecule has 0 aliphatic carbocycles. The lowest BCUT2D eigenvalue weighted by molar-refractivity contribution is 0.332. The van der Waals surface area contributed by atoms with Gasteiger partial charge in [-0.25, -0.2) is 0 Å². The van der Waals surface area contributed by atoms with Gasteiger partial charge in [0.1, 0.15) is 0 Å². The van der Waals surface area contributed by atoms with Gasteiger partial charge in [0.2, 0.25) is 0 Å². The van der Waals surface area contributed by atoms with E-state index in [1.807, 2.05) is 0 Å². The smallest absolute Gasteiger partial charge is 0.0385 e. The fraction of sp³-hybridized carbons (Fsp3) is 0.571. The van der Waals surface area contributed by atoms with Crippen LogP contribution in [-0.4, -0.2) is 24.5 Å². The minimum absolute atomic E-state index is 1.07. The van der Waals surface area contributed by atoms with E-state index in [4.69, 9.17) is 0 Å². The van der Waals surface area contributed by atoms with Crippen LogP contribution in [0.2, 0.25) is 0 Å². The zero-order valence-corrected chi connectivity index (χ0v) is 10.2. The van der Waals surface area contributed by atoms with Crippen LogP contribution in [0.3, 0.4) is 0 Å². The van der Waals surface area contributed by atoms with Gasteiger partial charge in [0.25, 0.3) is 0 Å². The van der Waals surface area contributed by atoms with E-state index in [9.17, 15) is 0 Å². The fourth-order valence-corrected chi connectivity index (χ4v) is 2.27. The highest BCUT2D eigenvalue weighted by Gasteiger charge is 2.13. The second-order valence-electron chi connectivity index (χ2n) is 4.57. The highest BCUT2D eigenvalue weighted by molar-refractivity contribution is 5.50. The molecular weight excluding hydrogens is 196 g/mol. The molecule has 1 fully saturated rings. The van der Waals surface area contributed by atoms with E-state index in [2.05, 4.69) is 41.4 Å². The summed E-state index contributed by atoms with van der Waals surface area (Å²) < 4.78 is 0. The number of likely N-dealkylation sites (tertiary alicyclic amines) is 1.